The third-order valence-corrected chi connectivity index (χ3v) is 4.73. The molecule has 11 heteroatoms. The zero-order valence-electron chi connectivity index (χ0n) is 18.7. The first-order valence-electron chi connectivity index (χ1n) is 10.4. The fourth-order valence-electron chi connectivity index (χ4n) is 2.82. The molecule has 2 atom stereocenters. The molecule has 0 saturated heterocycles. The summed E-state index contributed by atoms with van der Waals surface area (Å²) in [5.41, 5.74) is -0.572. The second-order valence-electron chi connectivity index (χ2n) is 6.99. The Morgan fingerprint density at radius 3 is 2.71 bits per heavy atom. The van der Waals surface area contributed by atoms with Gasteiger partial charge in [0.25, 0.3) is 11.8 Å². The number of hydrogen-bond donors (Lipinski definition) is 4. The molecule has 0 spiro atoms. The average molecular weight is 489 g/mol. The van der Waals surface area contributed by atoms with E-state index in [4.69, 9.17) is 4.74 Å². The van der Waals surface area contributed by atoms with Gasteiger partial charge in [0.2, 0.25) is 5.91 Å². The minimum atomic E-state index is -1.38. The Labute approximate surface area is 202 Å². The maximum atomic E-state index is 14.2. The SMILES string of the molecule is CC#CC1NC(=O)/C(=C/C)NC(=O)c2nc(ccc2F)CNC(=O)C[C@@H](/C=C/CCS)OC1=O. The van der Waals surface area contributed by atoms with E-state index in [0.29, 0.717) is 12.2 Å². The van der Waals surface area contributed by atoms with Gasteiger partial charge in [-0.25, -0.2) is 14.2 Å². The summed E-state index contributed by atoms with van der Waals surface area (Å²) in [4.78, 5) is 54.4. The lowest BCUT2D eigenvalue weighted by molar-refractivity contribution is -0.150. The van der Waals surface area contributed by atoms with Gasteiger partial charge in [0.1, 0.15) is 11.8 Å². The fourth-order valence-corrected chi connectivity index (χ4v) is 2.97. The van der Waals surface area contributed by atoms with E-state index in [1.165, 1.54) is 26.0 Å². The lowest BCUT2D eigenvalue weighted by Gasteiger charge is -2.19. The maximum absolute atomic E-state index is 14.2. The zero-order chi connectivity index (χ0) is 25.1. The summed E-state index contributed by atoms with van der Waals surface area (Å²) in [6.07, 6.45) is 3.99. The Morgan fingerprint density at radius 2 is 2.03 bits per heavy atom. The number of fused-ring (bicyclic) bond motifs is 2. The first-order chi connectivity index (χ1) is 16.3. The molecule has 180 valence electrons. The van der Waals surface area contributed by atoms with Crippen molar-refractivity contribution in [1.82, 2.24) is 20.9 Å². The fraction of sp³-hybridized carbons (Fsp3) is 0.348. The van der Waals surface area contributed by atoms with Gasteiger partial charge in [-0.1, -0.05) is 18.1 Å². The Kier molecular flexibility index (Phi) is 10.3. The molecule has 3 N–H and O–H groups in total. The van der Waals surface area contributed by atoms with Crippen molar-refractivity contribution in [3.63, 3.8) is 0 Å². The second kappa shape index (κ2) is 13.2. The van der Waals surface area contributed by atoms with Gasteiger partial charge in [-0.05, 0) is 44.2 Å². The third kappa shape index (κ3) is 7.74. The number of allylic oxidation sites excluding steroid dienone is 2. The molecule has 3 amide bonds. The summed E-state index contributed by atoms with van der Waals surface area (Å²) in [5.74, 6) is 1.53. The predicted molar refractivity (Wildman–Crippen MR) is 125 cm³/mol. The Bertz CT molecular complexity index is 1080. The first kappa shape index (κ1) is 26.6. The minimum absolute atomic E-state index is 0.0959. The molecule has 1 aliphatic rings. The van der Waals surface area contributed by atoms with Crippen LogP contribution in [0.2, 0.25) is 0 Å². The normalized spacial score (nSPS) is 21.2. The molecule has 0 radical (unpaired) electrons. The molecule has 0 aliphatic carbocycles. The number of hydrogen-bond acceptors (Lipinski definition) is 7. The van der Waals surface area contributed by atoms with Crippen LogP contribution in [-0.4, -0.2) is 46.6 Å². The maximum Gasteiger partial charge on any atom is 0.341 e. The van der Waals surface area contributed by atoms with E-state index < -0.39 is 47.3 Å². The van der Waals surface area contributed by atoms with Crippen LogP contribution < -0.4 is 16.0 Å². The largest absolute Gasteiger partial charge is 0.455 e. The van der Waals surface area contributed by atoms with E-state index in [1.54, 1.807) is 12.2 Å². The highest BCUT2D eigenvalue weighted by Gasteiger charge is 2.27. The molecular formula is C23H25FN4O5S. The quantitative estimate of drug-likeness (QED) is 0.166. The Morgan fingerprint density at radius 1 is 1.26 bits per heavy atom. The average Bonchev–Trinajstić information content (AvgIpc) is 2.80. The molecule has 2 rings (SSSR count). The van der Waals surface area contributed by atoms with Crippen molar-refractivity contribution in [2.45, 2.75) is 45.4 Å². The number of halogens is 1. The lowest BCUT2D eigenvalue weighted by Crippen LogP contribution is -2.45. The van der Waals surface area contributed by atoms with Gasteiger partial charge in [-0.3, -0.25) is 14.4 Å². The number of rotatable bonds is 3. The van der Waals surface area contributed by atoms with Crippen LogP contribution in [0.4, 0.5) is 4.39 Å². The van der Waals surface area contributed by atoms with Crippen LogP contribution in [0.1, 0.15) is 42.9 Å². The molecule has 2 heterocycles. The van der Waals surface area contributed by atoms with Gasteiger partial charge < -0.3 is 20.7 Å². The molecular weight excluding hydrogens is 463 g/mol. The van der Waals surface area contributed by atoms with Crippen molar-refractivity contribution >= 4 is 36.3 Å². The lowest BCUT2D eigenvalue weighted by atomic mass is 10.2. The van der Waals surface area contributed by atoms with Crippen molar-refractivity contribution in [3.8, 4) is 11.8 Å². The summed E-state index contributed by atoms with van der Waals surface area (Å²) < 4.78 is 19.7. The van der Waals surface area contributed by atoms with Crippen molar-refractivity contribution in [2.24, 2.45) is 0 Å². The molecule has 1 aliphatic heterocycles. The molecule has 2 bridgehead atoms. The Hall–Kier alpha value is -3.65. The van der Waals surface area contributed by atoms with Crippen molar-refractivity contribution < 1.29 is 28.3 Å². The number of esters is 1. The van der Waals surface area contributed by atoms with Gasteiger partial charge in [0, 0.05) is 0 Å². The highest BCUT2D eigenvalue weighted by atomic mass is 32.1. The van der Waals surface area contributed by atoms with Crippen LogP contribution in [0.3, 0.4) is 0 Å². The zero-order valence-corrected chi connectivity index (χ0v) is 19.6. The van der Waals surface area contributed by atoms with E-state index in [2.05, 4.69) is 45.4 Å². The molecule has 34 heavy (non-hydrogen) atoms. The number of thiol groups is 1. The number of ether oxygens (including phenoxy) is 1. The number of aromatic nitrogens is 1. The summed E-state index contributed by atoms with van der Waals surface area (Å²) in [6.45, 7) is 2.85. The molecule has 9 nitrogen and oxygen atoms in total. The number of amides is 3. The van der Waals surface area contributed by atoms with Crippen LogP contribution in [0.25, 0.3) is 0 Å². The number of carbonyl (C=O) groups is 4. The molecule has 0 aromatic carbocycles. The van der Waals surface area contributed by atoms with Gasteiger partial charge in [-0.2, -0.15) is 12.6 Å². The first-order valence-corrected chi connectivity index (χ1v) is 11.0. The highest BCUT2D eigenvalue weighted by molar-refractivity contribution is 7.80. The third-order valence-electron chi connectivity index (χ3n) is 4.47. The van der Waals surface area contributed by atoms with E-state index in [1.807, 2.05) is 0 Å². The molecule has 1 unspecified atom stereocenters. The molecule has 1 aromatic rings. The summed E-state index contributed by atoms with van der Waals surface area (Å²) in [6, 6.07) is 0.982. The summed E-state index contributed by atoms with van der Waals surface area (Å²) in [7, 11) is 0. The Balaban J connectivity index is 2.44. The molecule has 1 aromatic heterocycles. The van der Waals surface area contributed by atoms with Crippen LogP contribution in [0, 0.1) is 17.7 Å². The van der Waals surface area contributed by atoms with E-state index in [9.17, 15) is 23.6 Å². The summed E-state index contributed by atoms with van der Waals surface area (Å²) >= 11 is 4.12. The predicted octanol–water partition coefficient (Wildman–Crippen LogP) is 1.17. The standard InChI is InChI=1S/C23H25FN4O5S/c1-3-7-18-23(32)33-15(8-5-6-11-34)12-19(29)25-13-14-9-10-16(24)20(26-14)22(31)27-17(4-2)21(30)28-18/h4-5,8-10,15,18,34H,6,11-13H2,1-2H3,(H,25,29)(H,27,31)(H,28,30)/b8-5+,17-4-/t15-,18?/m1/s1. The topological polar surface area (TPSA) is 126 Å². The molecule has 0 fully saturated rings. The smallest absolute Gasteiger partial charge is 0.341 e. The van der Waals surface area contributed by atoms with Gasteiger partial charge >= 0.3 is 5.97 Å². The van der Waals surface area contributed by atoms with Crippen LogP contribution in [-0.2, 0) is 25.7 Å². The van der Waals surface area contributed by atoms with Crippen LogP contribution >= 0.6 is 12.6 Å². The number of nitrogens with zero attached hydrogens (tertiary/aromatic N) is 1. The van der Waals surface area contributed by atoms with Crippen molar-refractivity contribution in [1.29, 1.82) is 0 Å². The number of carbonyl (C=O) groups excluding carboxylic acids is 4. The van der Waals surface area contributed by atoms with Gasteiger partial charge in [0.15, 0.2) is 17.6 Å². The summed E-state index contributed by atoms with van der Waals surface area (Å²) in [5, 5.41) is 7.25. The van der Waals surface area contributed by atoms with Crippen molar-refractivity contribution in [2.75, 3.05) is 5.75 Å². The highest BCUT2D eigenvalue weighted by Crippen LogP contribution is 2.10. The number of pyridine rings is 1. The second-order valence-corrected chi connectivity index (χ2v) is 7.43. The monoisotopic (exact) mass is 488 g/mol. The van der Waals surface area contributed by atoms with Crippen LogP contribution in [0.5, 0.6) is 0 Å². The van der Waals surface area contributed by atoms with Gasteiger partial charge in [0.05, 0.1) is 18.7 Å². The van der Waals surface area contributed by atoms with Gasteiger partial charge in [-0.15, -0.1) is 5.92 Å². The van der Waals surface area contributed by atoms with E-state index >= 15 is 0 Å². The number of cyclic esters (lactones) is 1. The van der Waals surface area contributed by atoms with E-state index in [0.717, 1.165) is 6.07 Å². The van der Waals surface area contributed by atoms with E-state index in [-0.39, 0.29) is 24.4 Å². The molecule has 0 saturated carbocycles. The van der Waals surface area contributed by atoms with Crippen LogP contribution in [0.15, 0.2) is 36.1 Å². The number of nitrogens with one attached hydrogen (secondary N) is 3. The van der Waals surface area contributed by atoms with Crippen molar-refractivity contribution in [3.05, 3.63) is 53.3 Å². The minimum Gasteiger partial charge on any atom is -0.455 e.